The molecule has 118 valence electrons. The van der Waals surface area contributed by atoms with E-state index in [1.807, 2.05) is 0 Å². The minimum absolute atomic E-state index is 0.0103. The predicted octanol–water partition coefficient (Wildman–Crippen LogP) is 2.14. The van der Waals surface area contributed by atoms with E-state index < -0.39 is 12.1 Å². The van der Waals surface area contributed by atoms with Crippen molar-refractivity contribution in [2.75, 3.05) is 11.9 Å². The van der Waals surface area contributed by atoms with Crippen molar-refractivity contribution in [2.45, 2.75) is 38.0 Å². The van der Waals surface area contributed by atoms with Gasteiger partial charge in [0.05, 0.1) is 6.54 Å². The summed E-state index contributed by atoms with van der Waals surface area (Å²) >= 11 is 0. The van der Waals surface area contributed by atoms with Crippen LogP contribution in [-0.4, -0.2) is 38.0 Å². The zero-order valence-corrected chi connectivity index (χ0v) is 12.0. The van der Waals surface area contributed by atoms with Crippen LogP contribution < -0.4 is 4.90 Å². The third kappa shape index (κ3) is 2.75. The number of nitrogens with zero attached hydrogens (tertiary/aromatic N) is 6. The molecule has 0 N–H and O–H groups in total. The molecule has 0 amide bonds. The van der Waals surface area contributed by atoms with Gasteiger partial charge in [-0.2, -0.15) is 13.2 Å². The highest BCUT2D eigenvalue weighted by Gasteiger charge is 2.45. The molecule has 0 aliphatic carbocycles. The number of anilines is 1. The Morgan fingerprint density at radius 3 is 2.68 bits per heavy atom. The third-order valence-corrected chi connectivity index (χ3v) is 3.71. The molecule has 3 heterocycles. The standard InChI is InChI=1S/C13H15F3N6/c1-21(12-17-5-3-6-18-12)8-10-19-20-11-9(13(14,15)16)4-2-7-22(10)11/h3,5-6,9H,2,4,7-8H2,1H3. The van der Waals surface area contributed by atoms with Gasteiger partial charge in [-0.3, -0.25) is 0 Å². The van der Waals surface area contributed by atoms with Crippen molar-refractivity contribution in [3.8, 4) is 0 Å². The van der Waals surface area contributed by atoms with Crippen LogP contribution in [0.3, 0.4) is 0 Å². The maximum atomic E-state index is 13.0. The van der Waals surface area contributed by atoms with Gasteiger partial charge >= 0.3 is 6.18 Å². The Hall–Kier alpha value is -2.19. The molecule has 0 spiro atoms. The molecule has 0 saturated carbocycles. The van der Waals surface area contributed by atoms with Gasteiger partial charge in [-0.15, -0.1) is 10.2 Å². The summed E-state index contributed by atoms with van der Waals surface area (Å²) < 4.78 is 40.7. The molecule has 1 aliphatic rings. The van der Waals surface area contributed by atoms with Crippen LogP contribution in [0.2, 0.25) is 0 Å². The summed E-state index contributed by atoms with van der Waals surface area (Å²) in [5.74, 6) is -0.529. The van der Waals surface area contributed by atoms with Crippen molar-refractivity contribution in [3.05, 3.63) is 30.1 Å². The molecule has 3 rings (SSSR count). The minimum Gasteiger partial charge on any atom is -0.336 e. The van der Waals surface area contributed by atoms with E-state index in [4.69, 9.17) is 0 Å². The molecule has 1 unspecified atom stereocenters. The summed E-state index contributed by atoms with van der Waals surface area (Å²) in [5, 5.41) is 7.72. The van der Waals surface area contributed by atoms with Crippen LogP contribution in [0.5, 0.6) is 0 Å². The van der Waals surface area contributed by atoms with E-state index in [9.17, 15) is 13.2 Å². The second kappa shape index (κ2) is 5.54. The quantitative estimate of drug-likeness (QED) is 0.869. The number of hydrogen-bond donors (Lipinski definition) is 0. The Bertz CT molecular complexity index is 639. The van der Waals surface area contributed by atoms with Gasteiger partial charge in [0, 0.05) is 26.0 Å². The van der Waals surface area contributed by atoms with Gasteiger partial charge in [0.25, 0.3) is 0 Å². The second-order valence-electron chi connectivity index (χ2n) is 5.27. The Morgan fingerprint density at radius 1 is 1.27 bits per heavy atom. The third-order valence-electron chi connectivity index (χ3n) is 3.71. The van der Waals surface area contributed by atoms with Crippen LogP contribution in [0, 0.1) is 0 Å². The summed E-state index contributed by atoms with van der Waals surface area (Å²) in [6.07, 6.45) is -0.528. The monoisotopic (exact) mass is 312 g/mol. The molecule has 1 aliphatic heterocycles. The van der Waals surface area contributed by atoms with Crippen LogP contribution in [0.1, 0.15) is 30.4 Å². The van der Waals surface area contributed by atoms with Crippen LogP contribution in [-0.2, 0) is 13.1 Å². The maximum absolute atomic E-state index is 13.0. The molecule has 6 nitrogen and oxygen atoms in total. The Labute approximate surface area is 125 Å². The van der Waals surface area contributed by atoms with Crippen molar-refractivity contribution in [1.29, 1.82) is 0 Å². The normalized spacial score (nSPS) is 18.1. The summed E-state index contributed by atoms with van der Waals surface area (Å²) in [6.45, 7) is 0.815. The first-order chi connectivity index (χ1) is 10.5. The minimum atomic E-state index is -4.28. The molecule has 0 aromatic carbocycles. The lowest BCUT2D eigenvalue weighted by atomic mass is 9.98. The summed E-state index contributed by atoms with van der Waals surface area (Å²) in [6, 6.07) is 1.70. The Kier molecular flexibility index (Phi) is 3.71. The highest BCUT2D eigenvalue weighted by molar-refractivity contribution is 5.27. The van der Waals surface area contributed by atoms with Crippen LogP contribution in [0.15, 0.2) is 18.5 Å². The number of halogens is 3. The number of rotatable bonds is 3. The molecule has 2 aromatic rings. The van der Waals surface area contributed by atoms with E-state index in [-0.39, 0.29) is 12.2 Å². The molecule has 9 heteroatoms. The van der Waals surface area contributed by atoms with Gasteiger partial charge in [0.1, 0.15) is 11.7 Å². The van der Waals surface area contributed by atoms with Crippen molar-refractivity contribution >= 4 is 5.95 Å². The molecule has 0 fully saturated rings. The fourth-order valence-electron chi connectivity index (χ4n) is 2.63. The summed E-state index contributed by atoms with van der Waals surface area (Å²) in [7, 11) is 1.76. The molecule has 0 saturated heterocycles. The van der Waals surface area contributed by atoms with Gasteiger partial charge in [-0.25, -0.2) is 9.97 Å². The number of fused-ring (bicyclic) bond motifs is 1. The van der Waals surface area contributed by atoms with Gasteiger partial charge in [-0.05, 0) is 18.9 Å². The van der Waals surface area contributed by atoms with E-state index >= 15 is 0 Å². The first-order valence-electron chi connectivity index (χ1n) is 6.93. The lowest BCUT2D eigenvalue weighted by Gasteiger charge is -2.26. The molecule has 2 aromatic heterocycles. The van der Waals surface area contributed by atoms with Gasteiger partial charge in [0.2, 0.25) is 5.95 Å². The highest BCUT2D eigenvalue weighted by Crippen LogP contribution is 2.40. The lowest BCUT2D eigenvalue weighted by Crippen LogP contribution is -2.29. The van der Waals surface area contributed by atoms with E-state index in [0.717, 1.165) is 0 Å². The molecular formula is C13H15F3N6. The summed E-state index contributed by atoms with van der Waals surface area (Å²) in [5.41, 5.74) is 0. The molecule has 22 heavy (non-hydrogen) atoms. The highest BCUT2D eigenvalue weighted by atomic mass is 19.4. The van der Waals surface area contributed by atoms with Crippen molar-refractivity contribution in [2.24, 2.45) is 0 Å². The first-order valence-corrected chi connectivity index (χ1v) is 6.93. The fraction of sp³-hybridized carbons (Fsp3) is 0.538. The second-order valence-corrected chi connectivity index (χ2v) is 5.27. The van der Waals surface area contributed by atoms with E-state index in [1.54, 1.807) is 35.0 Å². The van der Waals surface area contributed by atoms with Crippen LogP contribution in [0.4, 0.5) is 19.1 Å². The average Bonchev–Trinajstić information content (AvgIpc) is 2.90. The van der Waals surface area contributed by atoms with Gasteiger partial charge in [0.15, 0.2) is 5.82 Å². The van der Waals surface area contributed by atoms with Crippen molar-refractivity contribution < 1.29 is 13.2 Å². The van der Waals surface area contributed by atoms with Crippen molar-refractivity contribution in [3.63, 3.8) is 0 Å². The number of aromatic nitrogens is 5. The first kappa shape index (κ1) is 14.7. The van der Waals surface area contributed by atoms with E-state index in [0.29, 0.717) is 31.3 Å². The van der Waals surface area contributed by atoms with Gasteiger partial charge < -0.3 is 9.47 Å². The Morgan fingerprint density at radius 2 is 2.00 bits per heavy atom. The number of alkyl halides is 3. The maximum Gasteiger partial charge on any atom is 0.398 e. The zero-order valence-electron chi connectivity index (χ0n) is 12.0. The van der Waals surface area contributed by atoms with E-state index in [1.165, 1.54) is 0 Å². The Balaban J connectivity index is 1.84. The van der Waals surface area contributed by atoms with Crippen molar-refractivity contribution in [1.82, 2.24) is 24.7 Å². The average molecular weight is 312 g/mol. The zero-order chi connectivity index (χ0) is 15.7. The molecule has 0 bridgehead atoms. The van der Waals surface area contributed by atoms with E-state index in [2.05, 4.69) is 20.2 Å². The predicted molar refractivity (Wildman–Crippen MR) is 72.2 cm³/mol. The van der Waals surface area contributed by atoms with Crippen LogP contribution in [0.25, 0.3) is 0 Å². The molecule has 1 atom stereocenters. The molecular weight excluding hydrogens is 297 g/mol. The van der Waals surface area contributed by atoms with Gasteiger partial charge in [-0.1, -0.05) is 0 Å². The summed E-state index contributed by atoms with van der Waals surface area (Å²) in [4.78, 5) is 9.94. The molecule has 0 radical (unpaired) electrons. The SMILES string of the molecule is CN(Cc1nnc2n1CCCC2C(F)(F)F)c1ncccn1. The number of hydrogen-bond acceptors (Lipinski definition) is 5. The largest absolute Gasteiger partial charge is 0.398 e. The lowest BCUT2D eigenvalue weighted by molar-refractivity contribution is -0.156. The fourth-order valence-corrected chi connectivity index (χ4v) is 2.63. The topological polar surface area (TPSA) is 59.7 Å². The smallest absolute Gasteiger partial charge is 0.336 e. The van der Waals surface area contributed by atoms with Crippen LogP contribution >= 0.6 is 0 Å².